The molecule has 0 atom stereocenters. The van der Waals surface area contributed by atoms with Crippen LogP contribution in [0.1, 0.15) is 71.1 Å². The van der Waals surface area contributed by atoms with Crippen LogP contribution in [-0.4, -0.2) is 3.93 Å². The first kappa shape index (κ1) is 17.7. The van der Waals surface area contributed by atoms with Gasteiger partial charge in [-0.15, -0.1) is 0 Å². The zero-order valence-corrected chi connectivity index (χ0v) is 16.2. The van der Waals surface area contributed by atoms with Gasteiger partial charge in [0.15, 0.2) is 0 Å². The van der Waals surface area contributed by atoms with E-state index in [1.807, 2.05) is 0 Å². The van der Waals surface area contributed by atoms with E-state index >= 15 is 0 Å². The van der Waals surface area contributed by atoms with E-state index < -0.39 is 3.93 Å². The van der Waals surface area contributed by atoms with Crippen LogP contribution in [0.4, 0.5) is 0 Å². The molecule has 0 unspecified atom stereocenters. The van der Waals surface area contributed by atoms with Crippen molar-refractivity contribution in [3.05, 3.63) is 0 Å². The molecule has 0 fully saturated rings. The summed E-state index contributed by atoms with van der Waals surface area (Å²) < 4.78 is -1.31. The SMILES string of the molecule is CCCCCCCCCCCC[Si](Br)(Br)Br. The van der Waals surface area contributed by atoms with Crippen molar-refractivity contribution in [3.63, 3.8) is 0 Å². The van der Waals surface area contributed by atoms with Crippen molar-refractivity contribution in [3.8, 4) is 0 Å². The largest absolute Gasteiger partial charge is 0.267 e. The second kappa shape index (κ2) is 11.7. The van der Waals surface area contributed by atoms with E-state index in [1.165, 1.54) is 70.3 Å². The third kappa shape index (κ3) is 15.7. The van der Waals surface area contributed by atoms with Crippen LogP contribution >= 0.6 is 45.9 Å². The second-order valence-corrected chi connectivity index (χ2v) is 28.0. The van der Waals surface area contributed by atoms with E-state index in [2.05, 4.69) is 52.8 Å². The first-order valence-corrected chi connectivity index (χ1v) is 15.6. The predicted octanol–water partition coefficient (Wildman–Crippen LogP) is 7.03. The van der Waals surface area contributed by atoms with Gasteiger partial charge >= 0.3 is 0 Å². The molecule has 0 amide bonds. The number of halogens is 3. The van der Waals surface area contributed by atoms with Gasteiger partial charge in [0.25, 0.3) is 3.93 Å². The molecule has 0 saturated carbocycles. The summed E-state index contributed by atoms with van der Waals surface area (Å²) in [5.74, 6) is 0. The zero-order chi connectivity index (χ0) is 12.3. The molecule has 0 aliphatic rings. The fraction of sp³-hybridized carbons (Fsp3) is 1.00. The standard InChI is InChI=1S/C12H25Br3Si/c1-2-3-4-5-6-7-8-9-10-11-12-16(13,14)15/h2-12H2,1H3. The summed E-state index contributed by atoms with van der Waals surface area (Å²) in [5.41, 5.74) is 0. The van der Waals surface area contributed by atoms with Gasteiger partial charge in [0.05, 0.1) is 0 Å². The summed E-state index contributed by atoms with van der Waals surface area (Å²) in [4.78, 5) is 0. The van der Waals surface area contributed by atoms with Crippen LogP contribution in [0.3, 0.4) is 0 Å². The van der Waals surface area contributed by atoms with Gasteiger partial charge in [-0.05, 0) is 6.04 Å². The molecule has 16 heavy (non-hydrogen) atoms. The topological polar surface area (TPSA) is 0 Å². The summed E-state index contributed by atoms with van der Waals surface area (Å²) in [6, 6.07) is 1.28. The van der Waals surface area contributed by atoms with Gasteiger partial charge in [0.1, 0.15) is 0 Å². The highest BCUT2D eigenvalue weighted by molar-refractivity contribution is 9.72. The monoisotopic (exact) mass is 434 g/mol. The van der Waals surface area contributed by atoms with E-state index in [1.54, 1.807) is 0 Å². The van der Waals surface area contributed by atoms with Crippen molar-refractivity contribution in [2.45, 2.75) is 77.2 Å². The smallest absolute Gasteiger partial charge is 0.0964 e. The van der Waals surface area contributed by atoms with Crippen molar-refractivity contribution < 1.29 is 0 Å². The van der Waals surface area contributed by atoms with Crippen LogP contribution in [0, 0.1) is 0 Å². The Morgan fingerprint density at radius 2 is 1.00 bits per heavy atom. The van der Waals surface area contributed by atoms with E-state index in [-0.39, 0.29) is 0 Å². The minimum atomic E-state index is -1.31. The number of unbranched alkanes of at least 4 members (excludes halogenated alkanes) is 9. The lowest BCUT2D eigenvalue weighted by Crippen LogP contribution is -2.04. The van der Waals surface area contributed by atoms with Crippen molar-refractivity contribution >= 4 is 49.8 Å². The fourth-order valence-corrected chi connectivity index (χ4v) is 4.99. The van der Waals surface area contributed by atoms with Gasteiger partial charge in [0.2, 0.25) is 0 Å². The Hall–Kier alpha value is 1.66. The zero-order valence-electron chi connectivity index (χ0n) is 10.4. The Labute approximate surface area is 126 Å². The van der Waals surface area contributed by atoms with Gasteiger partial charge in [-0.1, -0.05) is 117 Å². The molecular formula is C12H25Br3Si. The molecule has 98 valence electrons. The van der Waals surface area contributed by atoms with Crippen LogP contribution in [-0.2, 0) is 0 Å². The Morgan fingerprint density at radius 1 is 0.625 bits per heavy atom. The van der Waals surface area contributed by atoms with E-state index in [0.29, 0.717) is 0 Å². The molecule has 0 N–H and O–H groups in total. The molecule has 0 aromatic carbocycles. The molecule has 0 aliphatic heterocycles. The second-order valence-electron chi connectivity index (χ2n) is 4.55. The molecule has 0 aliphatic carbocycles. The number of hydrogen-bond acceptors (Lipinski definition) is 0. The Bertz CT molecular complexity index is 146. The Morgan fingerprint density at radius 3 is 1.38 bits per heavy atom. The van der Waals surface area contributed by atoms with E-state index in [4.69, 9.17) is 0 Å². The molecule has 0 aromatic heterocycles. The number of rotatable bonds is 11. The molecule has 0 rings (SSSR count). The molecule has 0 saturated heterocycles. The lowest BCUT2D eigenvalue weighted by atomic mass is 10.1. The van der Waals surface area contributed by atoms with Crippen molar-refractivity contribution in [1.29, 1.82) is 0 Å². The molecule has 0 bridgehead atoms. The Kier molecular flexibility index (Phi) is 12.9. The highest BCUT2D eigenvalue weighted by atomic mass is 80.0. The minimum absolute atomic E-state index is 1.28. The van der Waals surface area contributed by atoms with E-state index in [0.717, 1.165) is 0 Å². The number of hydrogen-bond donors (Lipinski definition) is 0. The maximum Gasteiger partial charge on any atom is 0.267 e. The average molecular weight is 437 g/mol. The fourth-order valence-electron chi connectivity index (χ4n) is 1.81. The highest BCUT2D eigenvalue weighted by Gasteiger charge is 2.20. The average Bonchev–Trinajstić information content (AvgIpc) is 2.19. The van der Waals surface area contributed by atoms with Crippen molar-refractivity contribution in [2.75, 3.05) is 0 Å². The van der Waals surface area contributed by atoms with Crippen LogP contribution < -0.4 is 0 Å². The molecular weight excluding hydrogens is 412 g/mol. The van der Waals surface area contributed by atoms with Crippen LogP contribution in [0.15, 0.2) is 0 Å². The summed E-state index contributed by atoms with van der Waals surface area (Å²) in [6.07, 6.45) is 14.2. The molecule has 0 aromatic rings. The predicted molar refractivity (Wildman–Crippen MR) is 89.2 cm³/mol. The van der Waals surface area contributed by atoms with Gasteiger partial charge in [0, 0.05) is 0 Å². The highest BCUT2D eigenvalue weighted by Crippen LogP contribution is 2.33. The first-order valence-electron chi connectivity index (χ1n) is 6.63. The maximum absolute atomic E-state index is 3.67. The maximum atomic E-state index is 3.67. The summed E-state index contributed by atoms with van der Waals surface area (Å²) in [5, 5.41) is 0. The van der Waals surface area contributed by atoms with Crippen LogP contribution in [0.5, 0.6) is 0 Å². The Balaban J connectivity index is 2.99. The molecule has 0 radical (unpaired) electrons. The summed E-state index contributed by atoms with van der Waals surface area (Å²) in [7, 11) is 0. The van der Waals surface area contributed by atoms with Crippen molar-refractivity contribution in [1.82, 2.24) is 0 Å². The van der Waals surface area contributed by atoms with Crippen molar-refractivity contribution in [2.24, 2.45) is 0 Å². The summed E-state index contributed by atoms with van der Waals surface area (Å²) in [6.45, 7) is 2.28. The van der Waals surface area contributed by atoms with Crippen LogP contribution in [0.25, 0.3) is 0 Å². The van der Waals surface area contributed by atoms with Crippen LogP contribution in [0.2, 0.25) is 6.04 Å². The third-order valence-electron chi connectivity index (χ3n) is 2.81. The minimum Gasteiger partial charge on any atom is -0.0964 e. The van der Waals surface area contributed by atoms with Gasteiger partial charge in [-0.3, -0.25) is 0 Å². The van der Waals surface area contributed by atoms with Gasteiger partial charge in [-0.25, -0.2) is 0 Å². The molecule has 4 heteroatoms. The van der Waals surface area contributed by atoms with Gasteiger partial charge in [-0.2, -0.15) is 0 Å². The third-order valence-corrected chi connectivity index (χ3v) is 7.30. The quantitative estimate of drug-likeness (QED) is 0.185. The first-order chi connectivity index (χ1) is 7.56. The molecule has 0 heterocycles. The van der Waals surface area contributed by atoms with Gasteiger partial charge < -0.3 is 0 Å². The summed E-state index contributed by atoms with van der Waals surface area (Å²) >= 11 is 11.0. The lowest BCUT2D eigenvalue weighted by Gasteiger charge is -2.08. The van der Waals surface area contributed by atoms with E-state index in [9.17, 15) is 0 Å². The molecule has 0 spiro atoms. The normalized spacial score (nSPS) is 12.0. The molecule has 0 nitrogen and oxygen atoms in total. The lowest BCUT2D eigenvalue weighted by molar-refractivity contribution is 0.562.